The number of rotatable bonds is 4. The first-order valence-corrected chi connectivity index (χ1v) is 6.91. The van der Waals surface area contributed by atoms with Crippen molar-refractivity contribution in [2.24, 2.45) is 5.92 Å². The highest BCUT2D eigenvalue weighted by Crippen LogP contribution is 2.29. The Morgan fingerprint density at radius 3 is 2.65 bits per heavy atom. The first kappa shape index (κ1) is 17.1. The van der Waals surface area contributed by atoms with Crippen LogP contribution in [-0.2, 0) is 22.6 Å². The van der Waals surface area contributed by atoms with Crippen LogP contribution < -0.4 is 9.84 Å². The number of carboxylic acids is 1. The summed E-state index contributed by atoms with van der Waals surface area (Å²) in [6.45, 7) is -1.67. The summed E-state index contributed by atoms with van der Waals surface area (Å²) in [6.07, 6.45) is -5.12. The van der Waals surface area contributed by atoms with Gasteiger partial charge < -0.3 is 19.5 Å². The van der Waals surface area contributed by atoms with Crippen LogP contribution in [-0.4, -0.2) is 36.6 Å². The van der Waals surface area contributed by atoms with E-state index in [1.807, 2.05) is 0 Å². The van der Waals surface area contributed by atoms with E-state index in [1.54, 1.807) is 18.2 Å². The summed E-state index contributed by atoms with van der Waals surface area (Å²) in [5, 5.41) is 10.8. The predicted octanol–water partition coefficient (Wildman–Crippen LogP) is 0.898. The highest BCUT2D eigenvalue weighted by atomic mass is 19.4. The third kappa shape index (κ3) is 4.37. The second-order valence-corrected chi connectivity index (χ2v) is 5.42. The third-order valence-electron chi connectivity index (χ3n) is 3.69. The Balaban J connectivity index is 2.38. The molecule has 0 saturated carbocycles. The molecule has 1 heterocycles. The molecule has 0 aromatic heterocycles. The molecule has 5 nitrogen and oxygen atoms in total. The van der Waals surface area contributed by atoms with Crippen LogP contribution in [0.1, 0.15) is 17.5 Å². The van der Waals surface area contributed by atoms with Gasteiger partial charge in [0, 0.05) is 18.4 Å². The lowest BCUT2D eigenvalue weighted by Crippen LogP contribution is -2.42. The van der Waals surface area contributed by atoms with E-state index in [-0.39, 0.29) is 13.0 Å². The van der Waals surface area contributed by atoms with Crippen LogP contribution in [0.15, 0.2) is 18.2 Å². The Bertz CT molecular complexity index is 615. The molecule has 1 aliphatic heterocycles. The maximum Gasteiger partial charge on any atom is 0.406 e. The van der Waals surface area contributed by atoms with E-state index in [0.717, 1.165) is 0 Å². The van der Waals surface area contributed by atoms with Crippen molar-refractivity contribution in [3.05, 3.63) is 29.3 Å². The number of nitrogens with zero attached hydrogens (tertiary/aromatic N) is 1. The number of benzene rings is 1. The number of carboxylic acid groups (broad SMARTS) is 1. The average Bonchev–Trinajstić information content (AvgIpc) is 2.55. The monoisotopic (exact) mass is 330 g/mol. The summed E-state index contributed by atoms with van der Waals surface area (Å²) in [7, 11) is 1.43. The third-order valence-corrected chi connectivity index (χ3v) is 3.69. The second-order valence-electron chi connectivity index (χ2n) is 5.42. The number of amides is 1. The molecule has 1 aliphatic rings. The molecular weight excluding hydrogens is 315 g/mol. The molecule has 1 aromatic rings. The zero-order valence-corrected chi connectivity index (χ0v) is 12.4. The fourth-order valence-corrected chi connectivity index (χ4v) is 2.68. The molecule has 0 radical (unpaired) electrons. The Morgan fingerprint density at radius 2 is 2.09 bits per heavy atom. The zero-order chi connectivity index (χ0) is 17.2. The minimum absolute atomic E-state index is 0.0560. The largest absolute Gasteiger partial charge is 0.550 e. The summed E-state index contributed by atoms with van der Waals surface area (Å²) in [4.78, 5) is 23.7. The molecule has 0 unspecified atom stereocenters. The first-order chi connectivity index (χ1) is 10.7. The van der Waals surface area contributed by atoms with Gasteiger partial charge in [0.2, 0.25) is 5.91 Å². The van der Waals surface area contributed by atoms with Gasteiger partial charge in [0.15, 0.2) is 0 Å². The number of ether oxygens (including phenoxy) is 1. The van der Waals surface area contributed by atoms with Crippen molar-refractivity contribution in [2.45, 2.75) is 25.6 Å². The van der Waals surface area contributed by atoms with Crippen LogP contribution in [0.5, 0.6) is 5.75 Å². The van der Waals surface area contributed by atoms with Gasteiger partial charge in [-0.05, 0) is 36.1 Å². The standard InChI is InChI=1S/C15H16F3NO4/c1-23-12-3-2-9-4-10(6-13(20)21)14(22)19(7-11(9)5-12)8-15(16,17)18/h2-3,5,10H,4,6-8H2,1H3,(H,20,21)/p-1/t10-/m1/s1. The van der Waals surface area contributed by atoms with Crippen molar-refractivity contribution in [1.29, 1.82) is 0 Å². The van der Waals surface area contributed by atoms with Crippen molar-refractivity contribution in [3.8, 4) is 5.75 Å². The number of aliphatic carboxylic acids is 1. The van der Waals surface area contributed by atoms with Gasteiger partial charge in [-0.1, -0.05) is 6.07 Å². The Morgan fingerprint density at radius 1 is 1.39 bits per heavy atom. The van der Waals surface area contributed by atoms with Crippen molar-refractivity contribution in [1.82, 2.24) is 4.90 Å². The van der Waals surface area contributed by atoms with E-state index in [1.165, 1.54) is 7.11 Å². The van der Waals surface area contributed by atoms with Gasteiger partial charge in [0.05, 0.1) is 7.11 Å². The topological polar surface area (TPSA) is 69.7 Å². The van der Waals surface area contributed by atoms with E-state index < -0.39 is 36.9 Å². The lowest BCUT2D eigenvalue weighted by atomic mass is 9.94. The van der Waals surface area contributed by atoms with E-state index >= 15 is 0 Å². The number of fused-ring (bicyclic) bond motifs is 1. The smallest absolute Gasteiger partial charge is 0.406 e. The van der Waals surface area contributed by atoms with Crippen molar-refractivity contribution >= 4 is 11.9 Å². The van der Waals surface area contributed by atoms with Crippen LogP contribution in [0.25, 0.3) is 0 Å². The fraction of sp³-hybridized carbons (Fsp3) is 0.467. The summed E-state index contributed by atoms with van der Waals surface area (Å²) in [6, 6.07) is 4.83. The van der Waals surface area contributed by atoms with Gasteiger partial charge in [-0.3, -0.25) is 4.79 Å². The predicted molar refractivity (Wildman–Crippen MR) is 71.3 cm³/mol. The number of alkyl halides is 3. The van der Waals surface area contributed by atoms with Crippen LogP contribution >= 0.6 is 0 Å². The summed E-state index contributed by atoms with van der Waals surface area (Å²) in [5.74, 6) is -2.91. The van der Waals surface area contributed by atoms with Gasteiger partial charge in [-0.15, -0.1) is 0 Å². The number of carbonyl (C=O) groups is 2. The summed E-state index contributed by atoms with van der Waals surface area (Å²) < 4.78 is 43.2. The number of halogens is 3. The molecule has 0 N–H and O–H groups in total. The minimum Gasteiger partial charge on any atom is -0.550 e. The SMILES string of the molecule is COc1ccc2c(c1)CN(CC(F)(F)F)C(=O)[C@@H](CC(=O)[O-])C2. The maximum absolute atomic E-state index is 12.7. The summed E-state index contributed by atoms with van der Waals surface area (Å²) in [5.41, 5.74) is 1.15. The molecule has 0 fully saturated rings. The van der Waals surface area contributed by atoms with Gasteiger partial charge in [-0.2, -0.15) is 13.2 Å². The number of hydrogen-bond donors (Lipinski definition) is 0. The molecule has 0 spiro atoms. The highest BCUT2D eigenvalue weighted by molar-refractivity contribution is 5.83. The van der Waals surface area contributed by atoms with Gasteiger partial charge >= 0.3 is 6.18 Å². The molecule has 2 rings (SSSR count). The van der Waals surface area contributed by atoms with Gasteiger partial charge in [0.1, 0.15) is 12.3 Å². The van der Waals surface area contributed by atoms with E-state index in [2.05, 4.69) is 0 Å². The molecule has 1 amide bonds. The van der Waals surface area contributed by atoms with Gasteiger partial charge in [0.25, 0.3) is 0 Å². The van der Waals surface area contributed by atoms with Crippen LogP contribution in [0.2, 0.25) is 0 Å². The molecule has 1 aromatic carbocycles. The molecule has 0 aliphatic carbocycles. The van der Waals surface area contributed by atoms with E-state index in [0.29, 0.717) is 21.8 Å². The highest BCUT2D eigenvalue weighted by Gasteiger charge is 2.37. The molecule has 1 atom stereocenters. The second kappa shape index (κ2) is 6.47. The molecule has 126 valence electrons. The lowest BCUT2D eigenvalue weighted by Gasteiger charge is -2.25. The number of hydrogen-bond acceptors (Lipinski definition) is 4. The number of carbonyl (C=O) groups excluding carboxylic acids is 2. The average molecular weight is 330 g/mol. The minimum atomic E-state index is -4.56. The van der Waals surface area contributed by atoms with Crippen LogP contribution in [0.4, 0.5) is 13.2 Å². The van der Waals surface area contributed by atoms with Crippen LogP contribution in [0.3, 0.4) is 0 Å². The molecule has 0 saturated heterocycles. The molecule has 23 heavy (non-hydrogen) atoms. The first-order valence-electron chi connectivity index (χ1n) is 6.91. The lowest BCUT2D eigenvalue weighted by molar-refractivity contribution is -0.306. The molecule has 8 heteroatoms. The van der Waals surface area contributed by atoms with E-state index in [9.17, 15) is 27.9 Å². The fourth-order valence-electron chi connectivity index (χ4n) is 2.68. The zero-order valence-electron chi connectivity index (χ0n) is 12.4. The van der Waals surface area contributed by atoms with Crippen LogP contribution in [0, 0.1) is 5.92 Å². The van der Waals surface area contributed by atoms with E-state index in [4.69, 9.17) is 4.74 Å². The quantitative estimate of drug-likeness (QED) is 0.822. The number of methoxy groups -OCH3 is 1. The Labute approximate surface area is 130 Å². The Hall–Kier alpha value is -2.25. The molecular formula is C15H15F3NO4-. The van der Waals surface area contributed by atoms with Crippen molar-refractivity contribution in [2.75, 3.05) is 13.7 Å². The maximum atomic E-state index is 12.7. The van der Waals surface area contributed by atoms with Crippen molar-refractivity contribution < 1.29 is 32.6 Å². The van der Waals surface area contributed by atoms with Gasteiger partial charge in [-0.25, -0.2) is 0 Å². The molecule has 0 bridgehead atoms. The summed E-state index contributed by atoms with van der Waals surface area (Å²) >= 11 is 0. The normalized spacial score (nSPS) is 18.3. The van der Waals surface area contributed by atoms with Crippen molar-refractivity contribution in [3.63, 3.8) is 0 Å². The Kier molecular flexibility index (Phi) is 4.82.